The number of aryl methyl sites for hydroxylation is 2. The predicted molar refractivity (Wildman–Crippen MR) is 91.8 cm³/mol. The topological polar surface area (TPSA) is 18.5 Å². The average molecular weight is 420 g/mol. The van der Waals surface area contributed by atoms with Crippen molar-refractivity contribution < 1.29 is 9.47 Å². The minimum Gasteiger partial charge on any atom is -0.496 e. The van der Waals surface area contributed by atoms with Gasteiger partial charge in [-0.3, -0.25) is 0 Å². The Morgan fingerprint density at radius 1 is 1.05 bits per heavy atom. The molecule has 0 amide bonds. The normalized spacial score (nSPS) is 12.3. The number of methoxy groups -OCH3 is 2. The molecule has 1 aromatic carbocycles. The van der Waals surface area contributed by atoms with Crippen molar-refractivity contribution >= 4 is 43.2 Å². The SMILES string of the molecule is COc1cc(C(Br)c2cc(C)c(C)s2)c(OC)cc1Br. The number of hydrogen-bond donors (Lipinski definition) is 0. The molecule has 1 atom stereocenters. The standard InChI is InChI=1S/C15H16Br2O2S/c1-8-5-14(20-9(8)2)15(17)10-6-13(19-4)11(16)7-12(10)18-3/h5-7,15H,1-4H3. The van der Waals surface area contributed by atoms with E-state index in [0.717, 1.165) is 21.5 Å². The second-order valence-corrected chi connectivity index (χ2v) is 7.54. The second-order valence-electron chi connectivity index (χ2n) is 4.48. The average Bonchev–Trinajstić information content (AvgIpc) is 2.77. The molecular formula is C15H16Br2O2S. The van der Waals surface area contributed by atoms with Gasteiger partial charge in [-0.25, -0.2) is 0 Å². The summed E-state index contributed by atoms with van der Waals surface area (Å²) in [5.74, 6) is 1.64. The smallest absolute Gasteiger partial charge is 0.133 e. The fourth-order valence-electron chi connectivity index (χ4n) is 1.96. The molecule has 0 aliphatic carbocycles. The van der Waals surface area contributed by atoms with Gasteiger partial charge in [-0.2, -0.15) is 0 Å². The van der Waals surface area contributed by atoms with Crippen molar-refractivity contribution in [1.82, 2.24) is 0 Å². The van der Waals surface area contributed by atoms with Gasteiger partial charge in [-0.15, -0.1) is 11.3 Å². The van der Waals surface area contributed by atoms with Crippen molar-refractivity contribution in [2.24, 2.45) is 0 Å². The third-order valence-electron chi connectivity index (χ3n) is 3.21. The quantitative estimate of drug-likeness (QED) is 0.598. The van der Waals surface area contributed by atoms with Crippen LogP contribution in [0.2, 0.25) is 0 Å². The van der Waals surface area contributed by atoms with Gasteiger partial charge in [0.25, 0.3) is 0 Å². The number of benzene rings is 1. The Kier molecular flexibility index (Phi) is 5.15. The molecule has 20 heavy (non-hydrogen) atoms. The Morgan fingerprint density at radius 3 is 2.20 bits per heavy atom. The van der Waals surface area contributed by atoms with Gasteiger partial charge in [0.05, 0.1) is 23.5 Å². The molecular weight excluding hydrogens is 404 g/mol. The molecule has 0 N–H and O–H groups in total. The summed E-state index contributed by atoms with van der Waals surface area (Å²) in [7, 11) is 3.35. The van der Waals surface area contributed by atoms with Gasteiger partial charge in [0, 0.05) is 15.3 Å². The maximum absolute atomic E-state index is 5.49. The molecule has 5 heteroatoms. The molecule has 0 aliphatic heterocycles. The highest BCUT2D eigenvalue weighted by Gasteiger charge is 2.20. The lowest BCUT2D eigenvalue weighted by atomic mass is 10.1. The summed E-state index contributed by atoms with van der Waals surface area (Å²) in [6.45, 7) is 4.27. The Labute approximate surface area is 140 Å². The lowest BCUT2D eigenvalue weighted by molar-refractivity contribution is 0.397. The van der Waals surface area contributed by atoms with Crippen LogP contribution in [0.25, 0.3) is 0 Å². The van der Waals surface area contributed by atoms with Gasteiger partial charge in [0.1, 0.15) is 11.5 Å². The molecule has 1 aromatic heterocycles. The van der Waals surface area contributed by atoms with Crippen molar-refractivity contribution in [2.75, 3.05) is 14.2 Å². The largest absolute Gasteiger partial charge is 0.496 e. The second kappa shape index (κ2) is 6.50. The Morgan fingerprint density at radius 2 is 1.70 bits per heavy atom. The Bertz CT molecular complexity index is 603. The maximum atomic E-state index is 5.49. The molecule has 0 saturated carbocycles. The van der Waals surface area contributed by atoms with Crippen LogP contribution < -0.4 is 9.47 Å². The van der Waals surface area contributed by atoms with Crippen molar-refractivity contribution in [2.45, 2.75) is 18.7 Å². The zero-order valence-electron chi connectivity index (χ0n) is 11.8. The molecule has 2 nitrogen and oxygen atoms in total. The molecule has 1 heterocycles. The summed E-state index contributed by atoms with van der Waals surface area (Å²) in [6.07, 6.45) is 0. The Hall–Kier alpha value is -0.520. The molecule has 0 fully saturated rings. The van der Waals surface area contributed by atoms with Gasteiger partial charge >= 0.3 is 0 Å². The lowest BCUT2D eigenvalue weighted by Gasteiger charge is -2.15. The molecule has 0 aliphatic rings. The van der Waals surface area contributed by atoms with E-state index in [1.165, 1.54) is 15.3 Å². The van der Waals surface area contributed by atoms with E-state index in [2.05, 4.69) is 51.8 Å². The predicted octanol–water partition coefficient (Wildman–Crippen LogP) is 5.63. The van der Waals surface area contributed by atoms with Crippen LogP contribution in [0, 0.1) is 13.8 Å². The van der Waals surface area contributed by atoms with E-state index in [9.17, 15) is 0 Å². The van der Waals surface area contributed by atoms with Crippen molar-refractivity contribution in [1.29, 1.82) is 0 Å². The van der Waals surface area contributed by atoms with E-state index in [1.807, 2.05) is 12.1 Å². The van der Waals surface area contributed by atoms with Crippen LogP contribution in [0.5, 0.6) is 11.5 Å². The number of thiophene rings is 1. The number of halogens is 2. The van der Waals surface area contributed by atoms with Crippen molar-refractivity contribution in [3.63, 3.8) is 0 Å². The monoisotopic (exact) mass is 418 g/mol. The fraction of sp³-hybridized carbons (Fsp3) is 0.333. The molecule has 2 aromatic rings. The zero-order valence-corrected chi connectivity index (χ0v) is 15.8. The summed E-state index contributed by atoms with van der Waals surface area (Å²) in [4.78, 5) is 2.70. The van der Waals surface area contributed by atoms with Crippen LogP contribution in [-0.4, -0.2) is 14.2 Å². The molecule has 0 saturated heterocycles. The first kappa shape index (κ1) is 15.9. The number of rotatable bonds is 4. The summed E-state index contributed by atoms with van der Waals surface area (Å²) in [5, 5.41) is 0. The minimum atomic E-state index is 0.0943. The molecule has 0 spiro atoms. The molecule has 0 bridgehead atoms. The number of alkyl halides is 1. The highest BCUT2D eigenvalue weighted by Crippen LogP contribution is 2.44. The molecule has 2 rings (SSSR count). The fourth-order valence-corrected chi connectivity index (χ4v) is 4.26. The maximum Gasteiger partial charge on any atom is 0.133 e. The van der Waals surface area contributed by atoms with Crippen LogP contribution in [0.1, 0.15) is 25.7 Å². The van der Waals surface area contributed by atoms with Gasteiger partial charge < -0.3 is 9.47 Å². The first-order valence-corrected chi connectivity index (χ1v) is 8.62. The summed E-state index contributed by atoms with van der Waals surface area (Å²) in [5.41, 5.74) is 2.38. The van der Waals surface area contributed by atoms with Gasteiger partial charge in [0.2, 0.25) is 0 Å². The van der Waals surface area contributed by atoms with Crippen LogP contribution in [-0.2, 0) is 0 Å². The van der Waals surface area contributed by atoms with Crippen LogP contribution in [0.4, 0.5) is 0 Å². The minimum absolute atomic E-state index is 0.0943. The van der Waals surface area contributed by atoms with Crippen LogP contribution in [0.3, 0.4) is 0 Å². The summed E-state index contributed by atoms with van der Waals surface area (Å²) in [6, 6.07) is 6.16. The van der Waals surface area contributed by atoms with Gasteiger partial charge in [-0.1, -0.05) is 15.9 Å². The first-order valence-electron chi connectivity index (χ1n) is 6.10. The zero-order chi connectivity index (χ0) is 14.9. The Balaban J connectivity index is 2.49. The van der Waals surface area contributed by atoms with Crippen molar-refractivity contribution in [3.05, 3.63) is 43.6 Å². The van der Waals surface area contributed by atoms with E-state index in [4.69, 9.17) is 9.47 Å². The van der Waals surface area contributed by atoms with Crippen LogP contribution in [0.15, 0.2) is 22.7 Å². The summed E-state index contributed by atoms with van der Waals surface area (Å²) < 4.78 is 11.8. The van der Waals surface area contributed by atoms with E-state index >= 15 is 0 Å². The highest BCUT2D eigenvalue weighted by atomic mass is 79.9. The molecule has 1 unspecified atom stereocenters. The number of hydrogen-bond acceptors (Lipinski definition) is 3. The third-order valence-corrected chi connectivity index (χ3v) is 6.34. The molecule has 108 valence electrons. The van der Waals surface area contributed by atoms with E-state index in [0.29, 0.717) is 0 Å². The highest BCUT2D eigenvalue weighted by molar-refractivity contribution is 9.10. The van der Waals surface area contributed by atoms with Gasteiger partial charge in [0.15, 0.2) is 0 Å². The van der Waals surface area contributed by atoms with E-state index in [-0.39, 0.29) is 4.83 Å². The third kappa shape index (κ3) is 3.05. The van der Waals surface area contributed by atoms with Crippen LogP contribution >= 0.6 is 43.2 Å². The lowest BCUT2D eigenvalue weighted by Crippen LogP contribution is -1.97. The van der Waals surface area contributed by atoms with Gasteiger partial charge in [-0.05, 0) is 53.5 Å². The summed E-state index contributed by atoms with van der Waals surface area (Å²) >= 11 is 9.07. The molecule has 0 radical (unpaired) electrons. The van der Waals surface area contributed by atoms with E-state index in [1.54, 1.807) is 25.6 Å². The van der Waals surface area contributed by atoms with E-state index < -0.39 is 0 Å². The first-order chi connectivity index (χ1) is 9.47. The number of ether oxygens (including phenoxy) is 2. The van der Waals surface area contributed by atoms with Crippen molar-refractivity contribution in [3.8, 4) is 11.5 Å².